The summed E-state index contributed by atoms with van der Waals surface area (Å²) in [4.78, 5) is 25.8. The second kappa shape index (κ2) is 8.42. The largest absolute Gasteiger partial charge is 0.355 e. The minimum absolute atomic E-state index is 0.0431. The molecule has 1 amide bonds. The first kappa shape index (κ1) is 17.1. The van der Waals surface area contributed by atoms with Gasteiger partial charge in [0.25, 0.3) is 0 Å². The first-order valence-corrected chi connectivity index (χ1v) is 9.24. The van der Waals surface area contributed by atoms with Crippen LogP contribution in [0.25, 0.3) is 0 Å². The predicted octanol–water partition coefficient (Wildman–Crippen LogP) is 1.54. The van der Waals surface area contributed by atoms with Crippen LogP contribution in [-0.4, -0.2) is 60.0 Å². The van der Waals surface area contributed by atoms with E-state index >= 15 is 0 Å². The molecule has 3 heterocycles. The molecule has 1 N–H and O–H groups in total. The molecule has 2 fully saturated rings. The van der Waals surface area contributed by atoms with Crippen molar-refractivity contribution in [1.29, 1.82) is 0 Å². The van der Waals surface area contributed by atoms with Gasteiger partial charge in [-0.1, -0.05) is 6.92 Å². The van der Waals surface area contributed by atoms with Gasteiger partial charge in [-0.3, -0.25) is 4.79 Å². The first-order valence-electron chi connectivity index (χ1n) is 9.24. The Hall–Kier alpha value is -1.69. The van der Waals surface area contributed by atoms with E-state index in [0.29, 0.717) is 5.92 Å². The van der Waals surface area contributed by atoms with Crippen LogP contribution in [0.3, 0.4) is 0 Å². The van der Waals surface area contributed by atoms with Crippen molar-refractivity contribution in [2.24, 2.45) is 11.8 Å². The standard InChI is InChI=1S/C18H29N5O/c1-15(13-22-9-2-3-10-22)12-21-17(24)16-6-4-11-23(14-16)18-19-7-5-8-20-18/h5,7-8,15-16H,2-4,6,9-14H2,1H3,(H,21,24)/t15-,16-/m1/s1. The van der Waals surface area contributed by atoms with Crippen molar-refractivity contribution in [3.05, 3.63) is 18.5 Å². The zero-order chi connectivity index (χ0) is 16.8. The van der Waals surface area contributed by atoms with E-state index < -0.39 is 0 Å². The van der Waals surface area contributed by atoms with E-state index in [1.807, 2.05) is 6.07 Å². The Balaban J connectivity index is 1.44. The van der Waals surface area contributed by atoms with Gasteiger partial charge < -0.3 is 15.1 Å². The molecule has 2 atom stereocenters. The van der Waals surface area contributed by atoms with Crippen molar-refractivity contribution in [2.45, 2.75) is 32.6 Å². The average Bonchev–Trinajstić information content (AvgIpc) is 3.13. The molecule has 0 bridgehead atoms. The van der Waals surface area contributed by atoms with Crippen molar-refractivity contribution < 1.29 is 4.79 Å². The lowest BCUT2D eigenvalue weighted by Gasteiger charge is -2.32. The highest BCUT2D eigenvalue weighted by molar-refractivity contribution is 5.79. The van der Waals surface area contributed by atoms with E-state index in [9.17, 15) is 4.79 Å². The summed E-state index contributed by atoms with van der Waals surface area (Å²) in [5, 5.41) is 3.17. The number of likely N-dealkylation sites (tertiary alicyclic amines) is 1. The maximum atomic E-state index is 12.5. The summed E-state index contributed by atoms with van der Waals surface area (Å²) in [7, 11) is 0. The molecule has 24 heavy (non-hydrogen) atoms. The second-order valence-corrected chi connectivity index (χ2v) is 7.19. The molecule has 3 rings (SSSR count). The highest BCUT2D eigenvalue weighted by atomic mass is 16.1. The molecule has 6 nitrogen and oxygen atoms in total. The minimum Gasteiger partial charge on any atom is -0.355 e. The molecule has 2 saturated heterocycles. The van der Waals surface area contributed by atoms with Crippen LogP contribution in [-0.2, 0) is 4.79 Å². The molecule has 132 valence electrons. The molecular formula is C18H29N5O. The van der Waals surface area contributed by atoms with Crippen LogP contribution >= 0.6 is 0 Å². The number of carbonyl (C=O) groups is 1. The molecule has 0 spiro atoms. The number of piperidine rings is 1. The third kappa shape index (κ3) is 4.66. The number of amides is 1. The summed E-state index contributed by atoms with van der Waals surface area (Å²) in [6, 6.07) is 1.82. The number of carbonyl (C=O) groups excluding carboxylic acids is 1. The summed E-state index contributed by atoms with van der Waals surface area (Å²) in [5.41, 5.74) is 0. The topological polar surface area (TPSA) is 61.4 Å². The Morgan fingerprint density at radius 2 is 2.00 bits per heavy atom. The molecule has 0 saturated carbocycles. The number of nitrogens with zero attached hydrogens (tertiary/aromatic N) is 4. The molecule has 1 aromatic heterocycles. The normalized spacial score (nSPS) is 23.2. The van der Waals surface area contributed by atoms with Crippen LogP contribution in [0.4, 0.5) is 5.95 Å². The zero-order valence-corrected chi connectivity index (χ0v) is 14.7. The monoisotopic (exact) mass is 331 g/mol. The third-order valence-corrected chi connectivity index (χ3v) is 5.02. The zero-order valence-electron chi connectivity index (χ0n) is 14.7. The fourth-order valence-corrected chi connectivity index (χ4v) is 3.72. The molecule has 0 radical (unpaired) electrons. The fourth-order valence-electron chi connectivity index (χ4n) is 3.72. The highest BCUT2D eigenvalue weighted by Crippen LogP contribution is 2.20. The van der Waals surface area contributed by atoms with E-state index in [4.69, 9.17) is 0 Å². The van der Waals surface area contributed by atoms with Crippen LogP contribution in [0.5, 0.6) is 0 Å². The van der Waals surface area contributed by atoms with Crippen LogP contribution < -0.4 is 10.2 Å². The average molecular weight is 331 g/mol. The third-order valence-electron chi connectivity index (χ3n) is 5.02. The van der Waals surface area contributed by atoms with E-state index in [2.05, 4.69) is 32.0 Å². The SMILES string of the molecule is C[C@H](CNC(=O)[C@@H]1CCCN(c2ncccn2)C1)CN1CCCC1. The highest BCUT2D eigenvalue weighted by Gasteiger charge is 2.27. The number of hydrogen-bond donors (Lipinski definition) is 1. The van der Waals surface area contributed by atoms with E-state index in [1.54, 1.807) is 12.4 Å². The van der Waals surface area contributed by atoms with Gasteiger partial charge in [0.05, 0.1) is 5.92 Å². The predicted molar refractivity (Wildman–Crippen MR) is 94.8 cm³/mol. The Labute approximate surface area is 144 Å². The number of rotatable bonds is 6. The molecule has 0 aliphatic carbocycles. The van der Waals surface area contributed by atoms with Gasteiger partial charge in [-0.25, -0.2) is 9.97 Å². The summed E-state index contributed by atoms with van der Waals surface area (Å²) in [6.07, 6.45) is 8.12. The van der Waals surface area contributed by atoms with Gasteiger partial charge in [-0.2, -0.15) is 0 Å². The van der Waals surface area contributed by atoms with Crippen molar-refractivity contribution in [3.63, 3.8) is 0 Å². The Kier molecular flexibility index (Phi) is 6.01. The maximum Gasteiger partial charge on any atom is 0.225 e. The Morgan fingerprint density at radius 3 is 2.75 bits per heavy atom. The molecule has 0 aromatic carbocycles. The summed E-state index contributed by atoms with van der Waals surface area (Å²) < 4.78 is 0. The summed E-state index contributed by atoms with van der Waals surface area (Å²) in [5.74, 6) is 1.46. The molecule has 0 unspecified atom stereocenters. The van der Waals surface area contributed by atoms with E-state index in [1.165, 1.54) is 25.9 Å². The van der Waals surface area contributed by atoms with Crippen LogP contribution in [0, 0.1) is 11.8 Å². The fraction of sp³-hybridized carbons (Fsp3) is 0.722. The molecule has 2 aliphatic rings. The lowest BCUT2D eigenvalue weighted by Crippen LogP contribution is -2.45. The van der Waals surface area contributed by atoms with Gasteiger partial charge in [-0.05, 0) is 50.8 Å². The molecule has 2 aliphatic heterocycles. The summed E-state index contributed by atoms with van der Waals surface area (Å²) >= 11 is 0. The van der Waals surface area contributed by atoms with Crippen molar-refractivity contribution in [1.82, 2.24) is 20.2 Å². The molecule has 1 aromatic rings. The minimum atomic E-state index is 0.0431. The lowest BCUT2D eigenvalue weighted by molar-refractivity contribution is -0.125. The van der Waals surface area contributed by atoms with E-state index in [0.717, 1.165) is 45.0 Å². The number of nitrogens with one attached hydrogen (secondary N) is 1. The smallest absolute Gasteiger partial charge is 0.225 e. The Bertz CT molecular complexity index is 517. The van der Waals surface area contributed by atoms with Gasteiger partial charge in [0.15, 0.2) is 0 Å². The van der Waals surface area contributed by atoms with Crippen molar-refractivity contribution in [3.8, 4) is 0 Å². The number of hydrogen-bond acceptors (Lipinski definition) is 5. The van der Waals surface area contributed by atoms with Gasteiger partial charge >= 0.3 is 0 Å². The number of anilines is 1. The summed E-state index contributed by atoms with van der Waals surface area (Å²) in [6.45, 7) is 8.17. The van der Waals surface area contributed by atoms with Gasteiger partial charge in [0.1, 0.15) is 0 Å². The first-order chi connectivity index (χ1) is 11.7. The molecule has 6 heteroatoms. The van der Waals surface area contributed by atoms with Gasteiger partial charge in [0.2, 0.25) is 11.9 Å². The second-order valence-electron chi connectivity index (χ2n) is 7.19. The van der Waals surface area contributed by atoms with Crippen molar-refractivity contribution in [2.75, 3.05) is 44.2 Å². The van der Waals surface area contributed by atoms with E-state index in [-0.39, 0.29) is 11.8 Å². The van der Waals surface area contributed by atoms with Crippen LogP contribution in [0.2, 0.25) is 0 Å². The quantitative estimate of drug-likeness (QED) is 0.857. The van der Waals surface area contributed by atoms with Gasteiger partial charge in [0, 0.05) is 38.6 Å². The maximum absolute atomic E-state index is 12.5. The lowest BCUT2D eigenvalue weighted by atomic mass is 9.97. The van der Waals surface area contributed by atoms with Crippen LogP contribution in [0.1, 0.15) is 32.6 Å². The number of aromatic nitrogens is 2. The molecular weight excluding hydrogens is 302 g/mol. The Morgan fingerprint density at radius 1 is 1.25 bits per heavy atom. The van der Waals surface area contributed by atoms with Crippen molar-refractivity contribution >= 4 is 11.9 Å². The van der Waals surface area contributed by atoms with Crippen LogP contribution in [0.15, 0.2) is 18.5 Å². The van der Waals surface area contributed by atoms with Gasteiger partial charge in [-0.15, -0.1) is 0 Å².